The summed E-state index contributed by atoms with van der Waals surface area (Å²) in [5, 5.41) is 2.18. The van der Waals surface area contributed by atoms with E-state index in [1.807, 2.05) is 18.2 Å². The predicted octanol–water partition coefficient (Wildman–Crippen LogP) is 5.18. The van der Waals surface area contributed by atoms with Crippen molar-refractivity contribution in [2.24, 2.45) is 0 Å². The lowest BCUT2D eigenvalue weighted by molar-refractivity contribution is 0.407. The lowest BCUT2D eigenvalue weighted by Gasteiger charge is -2.30. The van der Waals surface area contributed by atoms with Crippen molar-refractivity contribution in [3.05, 3.63) is 89.5 Å². The van der Waals surface area contributed by atoms with E-state index >= 15 is 0 Å². The van der Waals surface area contributed by atoms with Crippen LogP contribution in [0.3, 0.4) is 0 Å². The van der Waals surface area contributed by atoms with Gasteiger partial charge in [-0.3, -0.25) is 0 Å². The molecule has 0 saturated carbocycles. The Morgan fingerprint density at radius 1 is 0.889 bits per heavy atom. The van der Waals surface area contributed by atoms with E-state index in [0.717, 1.165) is 23.3 Å². The molecule has 27 heavy (non-hydrogen) atoms. The molecule has 5 rings (SSSR count). The molecular weight excluding hydrogens is 332 g/mol. The first-order chi connectivity index (χ1) is 13.3. The standard InChI is InChI=1S/C24H20N2O/c1-27-21-13-7-6-10-17(21)20-14-15-8-2-3-9-16(15)23-22(20)18-11-4-5-12-19(18)24(25)26-23/h2-13,20H,14H2,1H3,(H2,25,26). The molecule has 0 radical (unpaired) electrons. The van der Waals surface area contributed by atoms with Crippen molar-refractivity contribution in [2.45, 2.75) is 12.3 Å². The smallest absolute Gasteiger partial charge is 0.131 e. The molecule has 0 spiro atoms. The summed E-state index contributed by atoms with van der Waals surface area (Å²) >= 11 is 0. The number of nitrogens with zero attached hydrogens (tertiary/aromatic N) is 1. The van der Waals surface area contributed by atoms with Crippen LogP contribution in [0, 0.1) is 0 Å². The van der Waals surface area contributed by atoms with Crippen LogP contribution in [0.1, 0.15) is 22.6 Å². The van der Waals surface area contributed by atoms with Crippen molar-refractivity contribution in [1.82, 2.24) is 4.98 Å². The van der Waals surface area contributed by atoms with Gasteiger partial charge in [0.1, 0.15) is 11.6 Å². The lowest BCUT2D eigenvalue weighted by Crippen LogP contribution is -2.16. The van der Waals surface area contributed by atoms with Gasteiger partial charge < -0.3 is 10.5 Å². The summed E-state index contributed by atoms with van der Waals surface area (Å²) in [7, 11) is 1.73. The molecule has 3 nitrogen and oxygen atoms in total. The van der Waals surface area contributed by atoms with Gasteiger partial charge in [-0.15, -0.1) is 0 Å². The zero-order chi connectivity index (χ0) is 18.4. The highest BCUT2D eigenvalue weighted by Gasteiger charge is 2.31. The van der Waals surface area contributed by atoms with E-state index in [1.165, 1.54) is 27.6 Å². The van der Waals surface area contributed by atoms with Crippen LogP contribution in [0.2, 0.25) is 0 Å². The molecule has 3 heteroatoms. The fourth-order valence-corrected chi connectivity index (χ4v) is 4.34. The lowest BCUT2D eigenvalue weighted by atomic mass is 9.75. The topological polar surface area (TPSA) is 48.1 Å². The summed E-state index contributed by atoms with van der Waals surface area (Å²) in [5.41, 5.74) is 12.2. The highest BCUT2D eigenvalue weighted by atomic mass is 16.5. The molecule has 1 aliphatic carbocycles. The molecule has 0 fully saturated rings. The highest BCUT2D eigenvalue weighted by molar-refractivity contribution is 5.98. The Bertz CT molecular complexity index is 1170. The zero-order valence-electron chi connectivity index (χ0n) is 15.1. The Balaban J connectivity index is 1.88. The van der Waals surface area contributed by atoms with Crippen LogP contribution in [-0.4, -0.2) is 12.1 Å². The van der Waals surface area contributed by atoms with Gasteiger partial charge in [0.05, 0.1) is 12.8 Å². The van der Waals surface area contributed by atoms with Gasteiger partial charge in [0.2, 0.25) is 0 Å². The minimum atomic E-state index is 0.170. The van der Waals surface area contributed by atoms with E-state index < -0.39 is 0 Å². The van der Waals surface area contributed by atoms with Crippen LogP contribution in [0.25, 0.3) is 22.0 Å². The van der Waals surface area contributed by atoms with Gasteiger partial charge in [-0.1, -0.05) is 66.7 Å². The Morgan fingerprint density at radius 3 is 2.44 bits per heavy atom. The summed E-state index contributed by atoms with van der Waals surface area (Å²) < 4.78 is 5.69. The number of nitrogen functional groups attached to an aromatic ring is 1. The number of pyridine rings is 1. The Hall–Kier alpha value is -3.33. The minimum Gasteiger partial charge on any atom is -0.496 e. The molecule has 2 N–H and O–H groups in total. The second-order valence-electron chi connectivity index (χ2n) is 6.96. The van der Waals surface area contributed by atoms with Crippen molar-refractivity contribution >= 4 is 16.6 Å². The number of nitrogens with two attached hydrogens (primary N) is 1. The summed E-state index contributed by atoms with van der Waals surface area (Å²) in [6.07, 6.45) is 0.916. The maximum Gasteiger partial charge on any atom is 0.131 e. The van der Waals surface area contributed by atoms with Crippen LogP contribution in [0.15, 0.2) is 72.8 Å². The van der Waals surface area contributed by atoms with Crippen LogP contribution >= 0.6 is 0 Å². The first-order valence-electron chi connectivity index (χ1n) is 9.17. The van der Waals surface area contributed by atoms with E-state index in [9.17, 15) is 0 Å². The SMILES string of the molecule is COc1ccccc1C1Cc2ccccc2-c2nc(N)c3ccccc3c21. The molecule has 3 aromatic carbocycles. The van der Waals surface area contributed by atoms with E-state index in [0.29, 0.717) is 5.82 Å². The van der Waals surface area contributed by atoms with E-state index in [-0.39, 0.29) is 5.92 Å². The number of aromatic nitrogens is 1. The number of hydrogen-bond acceptors (Lipinski definition) is 3. The number of para-hydroxylation sites is 1. The van der Waals surface area contributed by atoms with Crippen molar-refractivity contribution in [3.8, 4) is 17.0 Å². The number of hydrogen-bond donors (Lipinski definition) is 1. The highest BCUT2D eigenvalue weighted by Crippen LogP contribution is 2.47. The minimum absolute atomic E-state index is 0.170. The Labute approximate surface area is 158 Å². The summed E-state index contributed by atoms with van der Waals surface area (Å²) in [6.45, 7) is 0. The van der Waals surface area contributed by atoms with Gasteiger partial charge in [-0.05, 0) is 29.0 Å². The van der Waals surface area contributed by atoms with E-state index in [2.05, 4.69) is 54.6 Å². The summed E-state index contributed by atoms with van der Waals surface area (Å²) in [4.78, 5) is 4.85. The Morgan fingerprint density at radius 2 is 1.59 bits per heavy atom. The predicted molar refractivity (Wildman–Crippen MR) is 110 cm³/mol. The van der Waals surface area contributed by atoms with Gasteiger partial charge in [0.25, 0.3) is 0 Å². The second kappa shape index (κ2) is 6.13. The van der Waals surface area contributed by atoms with Crippen molar-refractivity contribution < 1.29 is 4.74 Å². The van der Waals surface area contributed by atoms with Crippen LogP contribution < -0.4 is 10.5 Å². The molecule has 1 unspecified atom stereocenters. The maximum absolute atomic E-state index is 6.34. The fraction of sp³-hybridized carbons (Fsp3) is 0.125. The van der Waals surface area contributed by atoms with Gasteiger partial charge >= 0.3 is 0 Å². The van der Waals surface area contributed by atoms with Crippen molar-refractivity contribution in [1.29, 1.82) is 0 Å². The monoisotopic (exact) mass is 352 g/mol. The van der Waals surface area contributed by atoms with Crippen LogP contribution in [0.4, 0.5) is 5.82 Å². The van der Waals surface area contributed by atoms with E-state index in [1.54, 1.807) is 7.11 Å². The summed E-state index contributed by atoms with van der Waals surface area (Å²) in [6, 6.07) is 25.1. The average Bonchev–Trinajstić information content (AvgIpc) is 2.73. The molecule has 132 valence electrons. The van der Waals surface area contributed by atoms with Crippen molar-refractivity contribution in [2.75, 3.05) is 12.8 Å². The number of fused-ring (bicyclic) bond motifs is 5. The quantitative estimate of drug-likeness (QED) is 0.541. The second-order valence-corrected chi connectivity index (χ2v) is 6.96. The molecule has 1 atom stereocenters. The van der Waals surface area contributed by atoms with E-state index in [4.69, 9.17) is 15.5 Å². The van der Waals surface area contributed by atoms with Gasteiger partial charge in [-0.2, -0.15) is 0 Å². The summed E-state index contributed by atoms with van der Waals surface area (Å²) in [5.74, 6) is 1.66. The normalized spacial score (nSPS) is 15.2. The first kappa shape index (κ1) is 15.9. The third-order valence-corrected chi connectivity index (χ3v) is 5.54. The van der Waals surface area contributed by atoms with Crippen molar-refractivity contribution in [3.63, 3.8) is 0 Å². The number of benzene rings is 3. The maximum atomic E-state index is 6.34. The Kier molecular flexibility index (Phi) is 3.61. The average molecular weight is 352 g/mol. The van der Waals surface area contributed by atoms with Crippen LogP contribution in [-0.2, 0) is 6.42 Å². The first-order valence-corrected chi connectivity index (χ1v) is 9.17. The van der Waals surface area contributed by atoms with Gasteiger partial charge in [0.15, 0.2) is 0 Å². The largest absolute Gasteiger partial charge is 0.496 e. The van der Waals surface area contributed by atoms with Gasteiger partial charge in [-0.25, -0.2) is 4.98 Å². The third-order valence-electron chi connectivity index (χ3n) is 5.54. The number of anilines is 1. The number of methoxy groups -OCH3 is 1. The number of rotatable bonds is 2. The molecule has 0 bridgehead atoms. The molecule has 0 saturated heterocycles. The van der Waals surface area contributed by atoms with Gasteiger partial charge in [0, 0.05) is 22.4 Å². The molecule has 0 amide bonds. The molecule has 1 heterocycles. The zero-order valence-corrected chi connectivity index (χ0v) is 15.1. The number of ether oxygens (including phenoxy) is 1. The fourth-order valence-electron chi connectivity index (χ4n) is 4.34. The molecule has 1 aliphatic rings. The molecule has 1 aromatic heterocycles. The molecular formula is C24H20N2O. The third kappa shape index (κ3) is 2.39. The molecule has 4 aromatic rings. The van der Waals surface area contributed by atoms with Crippen LogP contribution in [0.5, 0.6) is 5.75 Å². The molecule has 0 aliphatic heterocycles.